The summed E-state index contributed by atoms with van der Waals surface area (Å²) in [6.45, 7) is 0. The van der Waals surface area contributed by atoms with Crippen molar-refractivity contribution in [3.05, 3.63) is 47.3 Å². The lowest BCUT2D eigenvalue weighted by atomic mass is 10.2. The van der Waals surface area contributed by atoms with E-state index in [-0.39, 0.29) is 22.9 Å². The van der Waals surface area contributed by atoms with Gasteiger partial charge in [0.05, 0.1) is 11.1 Å². The van der Waals surface area contributed by atoms with Gasteiger partial charge in [-0.1, -0.05) is 0 Å². The molecule has 0 saturated carbocycles. The predicted molar refractivity (Wildman–Crippen MR) is 68.0 cm³/mol. The van der Waals surface area contributed by atoms with Gasteiger partial charge in [0, 0.05) is 5.69 Å². The highest BCUT2D eigenvalue weighted by Gasteiger charge is 2.31. The number of halogens is 4. The highest BCUT2D eigenvalue weighted by molar-refractivity contribution is 5.61. The third-order valence-electron chi connectivity index (χ3n) is 2.53. The van der Waals surface area contributed by atoms with Crippen LogP contribution in [-0.4, -0.2) is 4.98 Å². The highest BCUT2D eigenvalue weighted by Crippen LogP contribution is 2.32. The van der Waals surface area contributed by atoms with Crippen LogP contribution in [0.5, 0.6) is 0 Å². The number of nitriles is 1. The van der Waals surface area contributed by atoms with Crippen LogP contribution >= 0.6 is 0 Å². The summed E-state index contributed by atoms with van der Waals surface area (Å²) < 4.78 is 51.1. The van der Waals surface area contributed by atoms with Crippen molar-refractivity contribution < 1.29 is 17.6 Å². The van der Waals surface area contributed by atoms with Crippen molar-refractivity contribution in [2.45, 2.75) is 6.18 Å². The number of nitrogens with zero attached hydrogens (tertiary/aromatic N) is 2. The number of rotatable bonds is 2. The van der Waals surface area contributed by atoms with E-state index in [1.165, 1.54) is 6.07 Å². The van der Waals surface area contributed by atoms with Gasteiger partial charge < -0.3 is 11.1 Å². The first-order valence-electron chi connectivity index (χ1n) is 5.61. The molecule has 0 aliphatic heterocycles. The highest BCUT2D eigenvalue weighted by atomic mass is 19.4. The van der Waals surface area contributed by atoms with Gasteiger partial charge in [-0.25, -0.2) is 9.37 Å². The Morgan fingerprint density at radius 3 is 2.52 bits per heavy atom. The lowest BCUT2D eigenvalue weighted by Crippen LogP contribution is -2.08. The molecule has 0 aliphatic rings. The van der Waals surface area contributed by atoms with Crippen LogP contribution in [0.2, 0.25) is 0 Å². The van der Waals surface area contributed by atoms with E-state index in [1.54, 1.807) is 6.07 Å². The quantitative estimate of drug-likeness (QED) is 0.832. The van der Waals surface area contributed by atoms with Crippen molar-refractivity contribution in [3.63, 3.8) is 0 Å². The normalized spacial score (nSPS) is 11.0. The van der Waals surface area contributed by atoms with Crippen molar-refractivity contribution in [2.24, 2.45) is 0 Å². The van der Waals surface area contributed by atoms with E-state index >= 15 is 0 Å². The molecule has 0 saturated heterocycles. The zero-order chi connectivity index (χ0) is 15.6. The zero-order valence-electron chi connectivity index (χ0n) is 10.4. The number of alkyl halides is 3. The summed E-state index contributed by atoms with van der Waals surface area (Å²) in [6.07, 6.45) is -4.56. The molecule has 0 radical (unpaired) electrons. The molecule has 2 aromatic rings. The lowest BCUT2D eigenvalue weighted by molar-refractivity contribution is -0.137. The predicted octanol–water partition coefficient (Wildman–Crippen LogP) is 3.44. The molecule has 0 unspecified atom stereocenters. The van der Waals surface area contributed by atoms with Crippen LogP contribution in [0.4, 0.5) is 34.9 Å². The Morgan fingerprint density at radius 2 is 1.90 bits per heavy atom. The van der Waals surface area contributed by atoms with Gasteiger partial charge in [0.15, 0.2) is 0 Å². The third-order valence-corrected chi connectivity index (χ3v) is 2.53. The Bertz CT molecular complexity index is 719. The maximum absolute atomic E-state index is 13.2. The summed E-state index contributed by atoms with van der Waals surface area (Å²) >= 11 is 0. The van der Waals surface area contributed by atoms with Crippen LogP contribution < -0.4 is 11.1 Å². The zero-order valence-corrected chi connectivity index (χ0v) is 10.4. The fourth-order valence-electron chi connectivity index (χ4n) is 1.62. The van der Waals surface area contributed by atoms with E-state index in [0.29, 0.717) is 6.07 Å². The Hall–Kier alpha value is -2.82. The number of hydrogen-bond acceptors (Lipinski definition) is 4. The number of benzene rings is 1. The van der Waals surface area contributed by atoms with Crippen LogP contribution in [0.1, 0.15) is 11.1 Å². The molecule has 0 aliphatic carbocycles. The van der Waals surface area contributed by atoms with Crippen LogP contribution in [0, 0.1) is 17.1 Å². The number of hydrogen-bond donors (Lipinski definition) is 2. The molecule has 1 aromatic carbocycles. The molecule has 1 aromatic heterocycles. The molecule has 0 atom stereocenters. The maximum Gasteiger partial charge on any atom is 0.416 e. The molecule has 0 fully saturated rings. The van der Waals surface area contributed by atoms with Gasteiger partial charge in [0.1, 0.15) is 23.5 Å². The van der Waals surface area contributed by atoms with Gasteiger partial charge in [0.2, 0.25) is 0 Å². The van der Waals surface area contributed by atoms with Crippen molar-refractivity contribution >= 4 is 17.3 Å². The first-order chi connectivity index (χ1) is 9.79. The van der Waals surface area contributed by atoms with Crippen LogP contribution in [0.25, 0.3) is 0 Å². The van der Waals surface area contributed by atoms with Gasteiger partial charge in [0.25, 0.3) is 0 Å². The van der Waals surface area contributed by atoms with E-state index < -0.39 is 17.6 Å². The molecule has 3 N–H and O–H groups in total. The topological polar surface area (TPSA) is 74.7 Å². The molecular weight excluding hydrogens is 288 g/mol. The van der Waals surface area contributed by atoms with E-state index in [1.807, 2.05) is 0 Å². The first kappa shape index (κ1) is 14.6. The number of anilines is 3. The second kappa shape index (κ2) is 5.28. The van der Waals surface area contributed by atoms with Crippen LogP contribution in [-0.2, 0) is 6.18 Å². The van der Waals surface area contributed by atoms with Crippen molar-refractivity contribution in [2.75, 3.05) is 11.1 Å². The van der Waals surface area contributed by atoms with Crippen LogP contribution in [0.15, 0.2) is 30.3 Å². The van der Waals surface area contributed by atoms with Gasteiger partial charge >= 0.3 is 6.18 Å². The fraction of sp³-hybridized carbons (Fsp3) is 0.0769. The summed E-state index contributed by atoms with van der Waals surface area (Å²) in [6, 6.07) is 6.56. The average molecular weight is 296 g/mol. The minimum Gasteiger partial charge on any atom is -0.384 e. The Kier molecular flexibility index (Phi) is 3.67. The minimum atomic E-state index is -4.56. The maximum atomic E-state index is 13.2. The molecule has 8 heteroatoms. The first-order valence-corrected chi connectivity index (χ1v) is 5.61. The molecule has 21 heavy (non-hydrogen) atoms. The Balaban J connectivity index is 2.36. The summed E-state index contributed by atoms with van der Waals surface area (Å²) in [5, 5.41) is 11.3. The molecule has 0 bridgehead atoms. The number of nitrogens with one attached hydrogen (secondary N) is 1. The summed E-state index contributed by atoms with van der Waals surface area (Å²) in [4.78, 5) is 3.71. The number of nitrogens with two attached hydrogens (primary N) is 1. The number of pyridine rings is 1. The van der Waals surface area contributed by atoms with E-state index in [2.05, 4.69) is 10.3 Å². The SMILES string of the molecule is N#Cc1cc(Nc2cc(C(F)(F)F)cc(N)n2)ccc1F. The minimum absolute atomic E-state index is 0.155. The molecular formula is C13H8F4N4. The molecule has 0 spiro atoms. The smallest absolute Gasteiger partial charge is 0.384 e. The molecule has 2 rings (SSSR count). The van der Waals surface area contributed by atoms with Gasteiger partial charge in [-0.2, -0.15) is 18.4 Å². The second-order valence-electron chi connectivity index (χ2n) is 4.10. The van der Waals surface area contributed by atoms with Gasteiger partial charge in [-0.3, -0.25) is 0 Å². The van der Waals surface area contributed by atoms with Crippen molar-refractivity contribution in [1.82, 2.24) is 4.98 Å². The average Bonchev–Trinajstić information content (AvgIpc) is 2.39. The summed E-state index contributed by atoms with van der Waals surface area (Å²) in [5.74, 6) is -1.19. The Morgan fingerprint density at radius 1 is 1.19 bits per heavy atom. The number of aromatic nitrogens is 1. The lowest BCUT2D eigenvalue weighted by Gasteiger charge is -2.11. The van der Waals surface area contributed by atoms with E-state index in [0.717, 1.165) is 18.2 Å². The van der Waals surface area contributed by atoms with Crippen LogP contribution in [0.3, 0.4) is 0 Å². The summed E-state index contributed by atoms with van der Waals surface area (Å²) in [5.41, 5.74) is 4.35. The van der Waals surface area contributed by atoms with Gasteiger partial charge in [-0.15, -0.1) is 0 Å². The monoisotopic (exact) mass is 296 g/mol. The molecule has 108 valence electrons. The summed E-state index contributed by atoms with van der Waals surface area (Å²) in [7, 11) is 0. The molecule has 1 heterocycles. The van der Waals surface area contributed by atoms with E-state index in [4.69, 9.17) is 11.0 Å². The fourth-order valence-corrected chi connectivity index (χ4v) is 1.62. The molecule has 0 amide bonds. The standard InChI is InChI=1S/C13H8F4N4/c14-10-2-1-9(3-7(10)6-18)20-12-5-8(13(15,16)17)4-11(19)21-12/h1-5H,(H3,19,20,21). The second-order valence-corrected chi connectivity index (χ2v) is 4.10. The van der Waals surface area contributed by atoms with Crippen molar-refractivity contribution in [3.8, 4) is 6.07 Å². The Labute approximate surface area is 116 Å². The largest absolute Gasteiger partial charge is 0.416 e. The number of nitrogen functional groups attached to an aromatic ring is 1. The van der Waals surface area contributed by atoms with Gasteiger partial charge in [-0.05, 0) is 30.3 Å². The third kappa shape index (κ3) is 3.39. The molecule has 4 nitrogen and oxygen atoms in total. The van der Waals surface area contributed by atoms with E-state index in [9.17, 15) is 17.6 Å². The van der Waals surface area contributed by atoms with Crippen molar-refractivity contribution in [1.29, 1.82) is 5.26 Å².